The van der Waals surface area contributed by atoms with E-state index in [-0.39, 0.29) is 11.4 Å². The molecule has 11 heteroatoms. The Morgan fingerprint density at radius 3 is 2.25 bits per heavy atom. The molecule has 228 valence electrons. The van der Waals surface area contributed by atoms with Gasteiger partial charge in [-0.3, -0.25) is 9.59 Å². The molecule has 0 heterocycles. The van der Waals surface area contributed by atoms with Crippen LogP contribution in [0, 0.1) is 3.57 Å². The molecule has 0 bridgehead atoms. The van der Waals surface area contributed by atoms with Crippen molar-refractivity contribution in [2.75, 3.05) is 7.11 Å². The Labute approximate surface area is 279 Å². The summed E-state index contributed by atoms with van der Waals surface area (Å²) in [6.45, 7) is 1.96. The van der Waals surface area contributed by atoms with Crippen molar-refractivity contribution < 1.29 is 23.8 Å². The van der Waals surface area contributed by atoms with Crippen molar-refractivity contribution in [2.24, 2.45) is 5.10 Å². The number of nitrogens with zero attached hydrogens (tertiary/aromatic N) is 1. The number of nitrogens with one attached hydrogen (secondary N) is 2. The third kappa shape index (κ3) is 9.60. The molecular weight excluding hydrogens is 716 g/mol. The molecule has 4 aromatic rings. The maximum atomic E-state index is 13.2. The molecule has 0 aliphatic rings. The lowest BCUT2D eigenvalue weighted by atomic mass is 10.1. The third-order valence-corrected chi connectivity index (χ3v) is 7.68. The topological polar surface area (TPSA) is 98.2 Å². The van der Waals surface area contributed by atoms with E-state index in [1.54, 1.807) is 32.2 Å². The minimum Gasteiger partial charge on any atom is -0.493 e. The number of carbonyl (C=O) groups is 2. The minimum absolute atomic E-state index is 0.238. The van der Waals surface area contributed by atoms with Gasteiger partial charge in [0.2, 0.25) is 0 Å². The molecule has 4 aromatic carbocycles. The van der Waals surface area contributed by atoms with Crippen molar-refractivity contribution in [1.29, 1.82) is 0 Å². The monoisotopic (exact) mass is 745 g/mol. The predicted molar refractivity (Wildman–Crippen MR) is 181 cm³/mol. The number of ether oxygens (including phenoxy) is 3. The molecular formula is C33H30Cl2IN3O5. The summed E-state index contributed by atoms with van der Waals surface area (Å²) in [6, 6.07) is 26.6. The van der Waals surface area contributed by atoms with Gasteiger partial charge in [-0.25, -0.2) is 5.43 Å². The van der Waals surface area contributed by atoms with Crippen LogP contribution in [0.2, 0.25) is 10.0 Å². The van der Waals surface area contributed by atoms with E-state index in [9.17, 15) is 9.59 Å². The van der Waals surface area contributed by atoms with Crippen LogP contribution in [0.15, 0.2) is 96.1 Å². The zero-order valence-electron chi connectivity index (χ0n) is 23.9. The Kier molecular flexibility index (Phi) is 12.3. The second-order valence-electron chi connectivity index (χ2n) is 9.63. The smallest absolute Gasteiger partial charge is 0.262 e. The zero-order chi connectivity index (χ0) is 31.5. The van der Waals surface area contributed by atoms with Crippen molar-refractivity contribution in [3.8, 4) is 17.2 Å². The van der Waals surface area contributed by atoms with Gasteiger partial charge in [-0.2, -0.15) is 5.10 Å². The lowest BCUT2D eigenvalue weighted by Gasteiger charge is -2.21. The summed E-state index contributed by atoms with van der Waals surface area (Å²) in [5.74, 6) is 0.444. The van der Waals surface area contributed by atoms with E-state index in [0.29, 0.717) is 34.4 Å². The minimum atomic E-state index is -0.944. The van der Waals surface area contributed by atoms with Gasteiger partial charge in [0.25, 0.3) is 11.8 Å². The van der Waals surface area contributed by atoms with Crippen LogP contribution < -0.4 is 25.0 Å². The highest BCUT2D eigenvalue weighted by molar-refractivity contribution is 14.1. The Morgan fingerprint density at radius 1 is 0.909 bits per heavy atom. The molecule has 0 aromatic heterocycles. The summed E-state index contributed by atoms with van der Waals surface area (Å²) < 4.78 is 18.1. The van der Waals surface area contributed by atoms with Crippen LogP contribution >= 0.6 is 45.8 Å². The summed E-state index contributed by atoms with van der Waals surface area (Å²) in [5, 5.41) is 7.63. The van der Waals surface area contributed by atoms with E-state index in [1.807, 2.05) is 66.7 Å². The predicted octanol–water partition coefficient (Wildman–Crippen LogP) is 6.83. The Hall–Kier alpha value is -3.80. The SMILES string of the molecule is COc1cc(/C=N\NC(=O)[C@@H](Cc2ccccc2)NC(=O)[C@@H](C)Oc2ccc(Cl)cc2Cl)cc(I)c1OCc1ccccc1. The average Bonchev–Trinajstić information content (AvgIpc) is 3.02. The van der Waals surface area contributed by atoms with E-state index in [1.165, 1.54) is 12.3 Å². The van der Waals surface area contributed by atoms with Gasteiger partial charge in [-0.15, -0.1) is 0 Å². The molecule has 44 heavy (non-hydrogen) atoms. The summed E-state index contributed by atoms with van der Waals surface area (Å²) >= 11 is 14.3. The normalized spacial score (nSPS) is 12.3. The van der Waals surface area contributed by atoms with Crippen LogP contribution in [0.3, 0.4) is 0 Å². The summed E-state index contributed by atoms with van der Waals surface area (Å²) in [5.41, 5.74) is 5.12. The molecule has 0 aliphatic heterocycles. The first kappa shape index (κ1) is 33.1. The van der Waals surface area contributed by atoms with Crippen LogP contribution in [0.5, 0.6) is 17.2 Å². The molecule has 8 nitrogen and oxygen atoms in total. The number of halogens is 3. The molecule has 4 rings (SSSR count). The molecule has 2 amide bonds. The highest BCUT2D eigenvalue weighted by Gasteiger charge is 2.25. The molecule has 2 atom stereocenters. The molecule has 0 fully saturated rings. The Morgan fingerprint density at radius 2 is 1.59 bits per heavy atom. The molecule has 2 N–H and O–H groups in total. The number of methoxy groups -OCH3 is 1. The quantitative estimate of drug-likeness (QED) is 0.0889. The molecule has 0 saturated carbocycles. The van der Waals surface area contributed by atoms with E-state index in [4.69, 9.17) is 37.4 Å². The summed E-state index contributed by atoms with van der Waals surface area (Å²) in [6.07, 6.45) is 0.793. The Bertz CT molecular complexity index is 1610. The number of amides is 2. The maximum absolute atomic E-state index is 13.2. The second-order valence-corrected chi connectivity index (χ2v) is 11.6. The van der Waals surface area contributed by atoms with Gasteiger partial charge in [0.1, 0.15) is 18.4 Å². The number of hydrogen-bond acceptors (Lipinski definition) is 6. The van der Waals surface area contributed by atoms with Crippen LogP contribution in [0.4, 0.5) is 0 Å². The van der Waals surface area contributed by atoms with Gasteiger partial charge in [0.05, 0.1) is 21.9 Å². The summed E-state index contributed by atoms with van der Waals surface area (Å²) in [4.78, 5) is 26.3. The fraction of sp³-hybridized carbons (Fsp3) is 0.182. The van der Waals surface area contributed by atoms with Crippen molar-refractivity contribution in [2.45, 2.75) is 32.1 Å². The fourth-order valence-corrected chi connectivity index (χ4v) is 5.33. The number of hydrazone groups is 1. The number of hydrogen-bond donors (Lipinski definition) is 2. The van der Waals surface area contributed by atoms with E-state index < -0.39 is 24.0 Å². The van der Waals surface area contributed by atoms with Gasteiger partial charge in [-0.1, -0.05) is 83.9 Å². The first-order valence-electron chi connectivity index (χ1n) is 13.6. The molecule has 0 unspecified atom stereocenters. The van der Waals surface area contributed by atoms with Crippen molar-refractivity contribution in [1.82, 2.24) is 10.7 Å². The highest BCUT2D eigenvalue weighted by atomic mass is 127. The highest BCUT2D eigenvalue weighted by Crippen LogP contribution is 2.34. The van der Waals surface area contributed by atoms with Gasteiger partial charge in [0, 0.05) is 11.4 Å². The van der Waals surface area contributed by atoms with Gasteiger partial charge >= 0.3 is 0 Å². The third-order valence-electron chi connectivity index (χ3n) is 6.35. The molecule has 0 aliphatic carbocycles. The van der Waals surface area contributed by atoms with Crippen molar-refractivity contribution >= 4 is 63.8 Å². The average molecular weight is 746 g/mol. The maximum Gasteiger partial charge on any atom is 0.262 e. The fourth-order valence-electron chi connectivity index (χ4n) is 4.10. The number of benzene rings is 4. The van der Waals surface area contributed by atoms with Gasteiger partial charge in [-0.05, 0) is 76.5 Å². The van der Waals surface area contributed by atoms with Crippen LogP contribution in [0.1, 0.15) is 23.6 Å². The molecule has 0 spiro atoms. The van der Waals surface area contributed by atoms with Crippen molar-refractivity contribution in [3.63, 3.8) is 0 Å². The Balaban J connectivity index is 1.43. The van der Waals surface area contributed by atoms with Crippen LogP contribution in [0.25, 0.3) is 0 Å². The van der Waals surface area contributed by atoms with Crippen molar-refractivity contribution in [3.05, 3.63) is 121 Å². The first-order valence-corrected chi connectivity index (χ1v) is 15.4. The van der Waals surface area contributed by atoms with Crippen LogP contribution in [-0.4, -0.2) is 37.3 Å². The molecule has 0 saturated heterocycles. The van der Waals surface area contributed by atoms with E-state index in [2.05, 4.69) is 38.4 Å². The van der Waals surface area contributed by atoms with E-state index in [0.717, 1.165) is 14.7 Å². The standard InChI is InChI=1S/C33H30Cl2IN3O5/c1-21(44-29-14-13-25(34)18-26(29)35)32(40)38-28(16-22-9-5-3-6-10-22)33(41)39-37-19-24-15-27(36)31(30(17-24)42-2)43-20-23-11-7-4-8-12-23/h3-15,17-19,21,28H,16,20H2,1-2H3,(H,38,40)(H,39,41)/b37-19-/t21-,28-/m1/s1. The van der Waals surface area contributed by atoms with Gasteiger partial charge in [0.15, 0.2) is 17.6 Å². The molecule has 0 radical (unpaired) electrons. The van der Waals surface area contributed by atoms with Gasteiger partial charge < -0.3 is 19.5 Å². The lowest BCUT2D eigenvalue weighted by Crippen LogP contribution is -2.50. The lowest BCUT2D eigenvalue weighted by molar-refractivity contribution is -0.132. The zero-order valence-corrected chi connectivity index (χ0v) is 27.6. The first-order chi connectivity index (χ1) is 21.2. The number of carbonyl (C=O) groups excluding carboxylic acids is 2. The van der Waals surface area contributed by atoms with E-state index >= 15 is 0 Å². The largest absolute Gasteiger partial charge is 0.493 e. The van der Waals surface area contributed by atoms with Crippen LogP contribution in [-0.2, 0) is 22.6 Å². The second kappa shape index (κ2) is 16.3. The summed E-state index contributed by atoms with van der Waals surface area (Å²) in [7, 11) is 1.56. The number of rotatable bonds is 13.